The first-order valence-corrected chi connectivity index (χ1v) is 7.36. The molecule has 6 heteroatoms. The van der Waals surface area contributed by atoms with Crippen LogP contribution in [0.25, 0.3) is 0 Å². The maximum absolute atomic E-state index is 13.3. The Labute approximate surface area is 129 Å². The molecule has 0 unspecified atom stereocenters. The van der Waals surface area contributed by atoms with Gasteiger partial charge in [0.1, 0.15) is 11.9 Å². The Hall–Kier alpha value is -2.00. The van der Waals surface area contributed by atoms with Gasteiger partial charge < -0.3 is 0 Å². The van der Waals surface area contributed by atoms with E-state index in [1.165, 1.54) is 6.07 Å². The van der Waals surface area contributed by atoms with Crippen molar-refractivity contribution >= 4 is 21.7 Å². The first kappa shape index (κ1) is 14.0. The number of hydrogen-bond acceptors (Lipinski definition) is 3. The van der Waals surface area contributed by atoms with Crippen molar-refractivity contribution in [1.82, 2.24) is 9.78 Å². The summed E-state index contributed by atoms with van der Waals surface area (Å²) in [5.74, 6) is -0.339. The largest absolute Gasteiger partial charge is 0.294 e. The third kappa shape index (κ3) is 2.49. The van der Waals surface area contributed by atoms with Gasteiger partial charge in [0.2, 0.25) is 0 Å². The molecule has 0 N–H and O–H groups in total. The average Bonchev–Trinajstić information content (AvgIpc) is 2.82. The van der Waals surface area contributed by atoms with Gasteiger partial charge in [-0.3, -0.25) is 9.48 Å². The van der Waals surface area contributed by atoms with Gasteiger partial charge in [0.15, 0.2) is 11.5 Å². The van der Waals surface area contributed by atoms with E-state index in [2.05, 4.69) is 21.0 Å². The molecule has 1 aliphatic carbocycles. The van der Waals surface area contributed by atoms with Crippen LogP contribution in [-0.2, 0) is 13.0 Å². The summed E-state index contributed by atoms with van der Waals surface area (Å²) in [6, 6.07) is 6.72. The number of Topliss-reactive ketones (excluding diaryl/α,β-unsaturated/α-hetero) is 1. The number of ketones is 1. The fourth-order valence-electron chi connectivity index (χ4n) is 2.61. The minimum Gasteiger partial charge on any atom is -0.294 e. The second-order valence-corrected chi connectivity index (χ2v) is 5.82. The Morgan fingerprint density at radius 3 is 2.95 bits per heavy atom. The number of carbonyl (C=O) groups excluding carboxylic acids is 1. The summed E-state index contributed by atoms with van der Waals surface area (Å²) >= 11 is 3.15. The van der Waals surface area contributed by atoms with Gasteiger partial charge in [-0.2, -0.15) is 10.4 Å². The molecule has 1 aromatic carbocycles. The van der Waals surface area contributed by atoms with Crippen molar-refractivity contribution in [2.24, 2.45) is 0 Å². The van der Waals surface area contributed by atoms with Crippen LogP contribution in [0.1, 0.15) is 40.2 Å². The molecule has 0 atom stereocenters. The number of aromatic nitrogens is 2. The van der Waals surface area contributed by atoms with Crippen LogP contribution in [0.15, 0.2) is 22.7 Å². The highest BCUT2D eigenvalue weighted by Gasteiger charge is 2.26. The molecule has 1 aliphatic rings. The summed E-state index contributed by atoms with van der Waals surface area (Å²) in [6.45, 7) is 0.413. The average molecular weight is 348 g/mol. The summed E-state index contributed by atoms with van der Waals surface area (Å²) < 4.78 is 15.3. The molecular formula is C15H11BrFN3O. The second kappa shape index (κ2) is 5.41. The number of fused-ring (bicyclic) bond motifs is 1. The third-order valence-corrected chi connectivity index (χ3v) is 4.18. The molecule has 3 rings (SSSR count). The Kier molecular flexibility index (Phi) is 3.60. The number of nitriles is 1. The zero-order chi connectivity index (χ0) is 15.0. The van der Waals surface area contributed by atoms with E-state index in [0.717, 1.165) is 24.1 Å². The molecule has 0 saturated heterocycles. The van der Waals surface area contributed by atoms with Crippen LogP contribution < -0.4 is 0 Å². The molecular weight excluding hydrogens is 337 g/mol. The minimum atomic E-state index is -0.325. The normalized spacial score (nSPS) is 13.9. The summed E-state index contributed by atoms with van der Waals surface area (Å²) in [4.78, 5) is 12.0. The topological polar surface area (TPSA) is 58.7 Å². The van der Waals surface area contributed by atoms with E-state index >= 15 is 0 Å². The summed E-state index contributed by atoms with van der Waals surface area (Å²) in [6.07, 6.45) is 1.98. The van der Waals surface area contributed by atoms with E-state index in [1.54, 1.807) is 16.8 Å². The van der Waals surface area contributed by atoms with Gasteiger partial charge in [0.05, 0.1) is 22.3 Å². The molecule has 0 amide bonds. The van der Waals surface area contributed by atoms with Gasteiger partial charge in [0.25, 0.3) is 0 Å². The molecule has 0 spiro atoms. The van der Waals surface area contributed by atoms with E-state index in [1.807, 2.05) is 6.07 Å². The molecule has 106 valence electrons. The van der Waals surface area contributed by atoms with Crippen molar-refractivity contribution in [2.75, 3.05) is 0 Å². The van der Waals surface area contributed by atoms with Crippen LogP contribution in [0.3, 0.4) is 0 Å². The number of hydrogen-bond donors (Lipinski definition) is 0. The lowest BCUT2D eigenvalue weighted by Crippen LogP contribution is -2.14. The predicted octanol–water partition coefficient (Wildman–Crippen LogP) is 3.22. The molecule has 0 aliphatic heterocycles. The highest BCUT2D eigenvalue weighted by molar-refractivity contribution is 9.10. The smallest absolute Gasteiger partial charge is 0.173 e. The van der Waals surface area contributed by atoms with Gasteiger partial charge in [0, 0.05) is 6.42 Å². The minimum absolute atomic E-state index is 0.0145. The zero-order valence-electron chi connectivity index (χ0n) is 11.1. The van der Waals surface area contributed by atoms with Crippen molar-refractivity contribution in [3.05, 3.63) is 51.0 Å². The second-order valence-electron chi connectivity index (χ2n) is 4.96. The van der Waals surface area contributed by atoms with Crippen LogP contribution in [-0.4, -0.2) is 15.6 Å². The molecule has 0 saturated carbocycles. The summed E-state index contributed by atoms with van der Waals surface area (Å²) in [7, 11) is 0. The SMILES string of the molecule is N#Cc1nn(Cc2ccc(F)c(Br)c2)c2c1C(=O)CCC2. The van der Waals surface area contributed by atoms with Gasteiger partial charge >= 0.3 is 0 Å². The van der Waals surface area contributed by atoms with Crippen LogP contribution in [0, 0.1) is 17.1 Å². The maximum Gasteiger partial charge on any atom is 0.173 e. The molecule has 0 radical (unpaired) electrons. The van der Waals surface area contributed by atoms with Gasteiger partial charge in [-0.1, -0.05) is 6.07 Å². The number of nitrogens with zero attached hydrogens (tertiary/aromatic N) is 3. The molecule has 1 aromatic heterocycles. The fraction of sp³-hybridized carbons (Fsp3) is 0.267. The van der Waals surface area contributed by atoms with E-state index in [-0.39, 0.29) is 17.3 Å². The van der Waals surface area contributed by atoms with E-state index in [0.29, 0.717) is 23.0 Å². The highest BCUT2D eigenvalue weighted by atomic mass is 79.9. The summed E-state index contributed by atoms with van der Waals surface area (Å²) in [5, 5.41) is 13.4. The van der Waals surface area contributed by atoms with Gasteiger partial charge in [-0.15, -0.1) is 0 Å². The zero-order valence-corrected chi connectivity index (χ0v) is 12.7. The van der Waals surface area contributed by atoms with E-state index in [9.17, 15) is 9.18 Å². The van der Waals surface area contributed by atoms with Crippen molar-refractivity contribution in [3.8, 4) is 6.07 Å². The monoisotopic (exact) mass is 347 g/mol. The van der Waals surface area contributed by atoms with Crippen LogP contribution in [0.4, 0.5) is 4.39 Å². The molecule has 4 nitrogen and oxygen atoms in total. The number of rotatable bonds is 2. The Balaban J connectivity index is 2.01. The third-order valence-electron chi connectivity index (χ3n) is 3.58. The van der Waals surface area contributed by atoms with Gasteiger partial charge in [-0.05, 0) is 46.5 Å². The lowest BCUT2D eigenvalue weighted by atomic mass is 9.94. The molecule has 0 bridgehead atoms. The Bertz CT molecular complexity index is 776. The predicted molar refractivity (Wildman–Crippen MR) is 77.4 cm³/mol. The van der Waals surface area contributed by atoms with Crippen molar-refractivity contribution in [1.29, 1.82) is 5.26 Å². The lowest BCUT2D eigenvalue weighted by Gasteiger charge is -2.13. The van der Waals surface area contributed by atoms with Crippen molar-refractivity contribution in [3.63, 3.8) is 0 Å². The molecule has 0 fully saturated rings. The van der Waals surface area contributed by atoms with Crippen LogP contribution in [0.5, 0.6) is 0 Å². The number of benzene rings is 1. The summed E-state index contributed by atoms with van der Waals surface area (Å²) in [5.41, 5.74) is 2.32. The highest BCUT2D eigenvalue weighted by Crippen LogP contribution is 2.25. The fourth-order valence-corrected chi connectivity index (χ4v) is 3.03. The molecule has 2 aromatic rings. The van der Waals surface area contributed by atoms with Crippen molar-refractivity contribution < 1.29 is 9.18 Å². The maximum atomic E-state index is 13.3. The first-order chi connectivity index (χ1) is 10.1. The van der Waals surface area contributed by atoms with E-state index < -0.39 is 0 Å². The quantitative estimate of drug-likeness (QED) is 0.837. The first-order valence-electron chi connectivity index (χ1n) is 6.57. The Morgan fingerprint density at radius 1 is 1.43 bits per heavy atom. The molecule has 21 heavy (non-hydrogen) atoms. The number of carbonyl (C=O) groups is 1. The van der Waals surface area contributed by atoms with Crippen LogP contribution >= 0.6 is 15.9 Å². The van der Waals surface area contributed by atoms with Crippen LogP contribution in [0.2, 0.25) is 0 Å². The van der Waals surface area contributed by atoms with E-state index in [4.69, 9.17) is 5.26 Å². The van der Waals surface area contributed by atoms with Crippen molar-refractivity contribution in [2.45, 2.75) is 25.8 Å². The molecule has 1 heterocycles. The van der Waals surface area contributed by atoms with Gasteiger partial charge in [-0.25, -0.2) is 4.39 Å². The lowest BCUT2D eigenvalue weighted by molar-refractivity contribution is 0.0971. The Morgan fingerprint density at radius 2 is 2.24 bits per heavy atom. The number of halogens is 2. The standard InChI is InChI=1S/C15H11BrFN3O/c16-10-6-9(4-5-11(10)17)8-20-13-2-1-3-14(21)15(13)12(7-18)19-20/h4-6H,1-3,8H2.